The van der Waals surface area contributed by atoms with Crippen molar-refractivity contribution in [2.45, 2.75) is 74.5 Å². The van der Waals surface area contributed by atoms with Crippen LogP contribution in [0.1, 0.15) is 54.8 Å². The number of hydrogen-bond donors (Lipinski definition) is 7. The van der Waals surface area contributed by atoms with Gasteiger partial charge in [-0.2, -0.15) is 0 Å². The molecule has 6 unspecified atom stereocenters. The van der Waals surface area contributed by atoms with E-state index in [4.69, 9.17) is 4.74 Å². The average Bonchev–Trinajstić information content (AvgIpc) is 3.45. The molecule has 218 valence electrons. The van der Waals surface area contributed by atoms with Crippen molar-refractivity contribution in [3.8, 4) is 23.0 Å². The van der Waals surface area contributed by atoms with Crippen molar-refractivity contribution in [1.29, 1.82) is 0 Å². The van der Waals surface area contributed by atoms with Crippen LogP contribution >= 0.6 is 0 Å². The Kier molecular flexibility index (Phi) is 9.19. The SMILES string of the molecule is C[C@H](O)c1nccn1C(C#Cc1ccc(-c2ccc(C3CC(NC4C(O)OC(CO)C(O)C4O)C3)cc2)cc1)CO. The molecular weight excluding hydrogens is 526 g/mol. The van der Waals surface area contributed by atoms with Crippen LogP contribution < -0.4 is 5.32 Å². The number of imidazole rings is 1. The molecule has 3 aromatic rings. The fourth-order valence-corrected chi connectivity index (χ4v) is 5.55. The van der Waals surface area contributed by atoms with Crippen LogP contribution in [0, 0.1) is 11.8 Å². The number of aromatic nitrogens is 2. The zero-order valence-corrected chi connectivity index (χ0v) is 22.8. The van der Waals surface area contributed by atoms with E-state index >= 15 is 0 Å². The molecule has 41 heavy (non-hydrogen) atoms. The Labute approximate surface area is 238 Å². The van der Waals surface area contributed by atoms with Crippen molar-refractivity contribution in [1.82, 2.24) is 14.9 Å². The molecule has 7 atom stereocenters. The lowest BCUT2D eigenvalue weighted by atomic mass is 9.75. The number of ether oxygens (including phenoxy) is 1. The van der Waals surface area contributed by atoms with Crippen molar-refractivity contribution >= 4 is 0 Å². The van der Waals surface area contributed by atoms with Gasteiger partial charge in [0.2, 0.25) is 0 Å². The predicted molar refractivity (Wildman–Crippen MR) is 150 cm³/mol. The second-order valence-electron chi connectivity index (χ2n) is 10.8. The first-order chi connectivity index (χ1) is 19.8. The number of aliphatic hydroxyl groups excluding tert-OH is 6. The zero-order chi connectivity index (χ0) is 29.1. The van der Waals surface area contributed by atoms with Gasteiger partial charge in [0.05, 0.1) is 19.3 Å². The number of nitrogens with zero attached hydrogens (tertiary/aromatic N) is 2. The largest absolute Gasteiger partial charge is 0.394 e. The van der Waals surface area contributed by atoms with Crippen LogP contribution in [-0.2, 0) is 4.74 Å². The first-order valence-electron chi connectivity index (χ1n) is 13.9. The minimum Gasteiger partial charge on any atom is -0.394 e. The summed E-state index contributed by atoms with van der Waals surface area (Å²) in [6, 6.07) is 15.0. The van der Waals surface area contributed by atoms with Gasteiger partial charge in [-0.3, -0.25) is 0 Å². The van der Waals surface area contributed by atoms with E-state index < -0.39 is 49.4 Å². The molecule has 1 aliphatic carbocycles. The topological polar surface area (TPSA) is 160 Å². The first kappa shape index (κ1) is 29.4. The molecule has 10 heteroatoms. The molecule has 0 bridgehead atoms. The van der Waals surface area contributed by atoms with Crippen LogP contribution in [0.4, 0.5) is 0 Å². The number of benzene rings is 2. The molecular formula is C31H37N3O7. The molecule has 5 rings (SSSR count). The van der Waals surface area contributed by atoms with Crippen LogP contribution in [0.15, 0.2) is 60.9 Å². The van der Waals surface area contributed by atoms with E-state index in [2.05, 4.69) is 46.4 Å². The zero-order valence-electron chi connectivity index (χ0n) is 22.8. The van der Waals surface area contributed by atoms with Crippen molar-refractivity contribution in [2.24, 2.45) is 0 Å². The van der Waals surface area contributed by atoms with E-state index in [1.807, 2.05) is 24.3 Å². The highest BCUT2D eigenvalue weighted by Crippen LogP contribution is 2.38. The smallest absolute Gasteiger partial charge is 0.173 e. The van der Waals surface area contributed by atoms with E-state index in [0.29, 0.717) is 11.7 Å². The van der Waals surface area contributed by atoms with E-state index in [1.165, 1.54) is 5.56 Å². The Morgan fingerprint density at radius 2 is 1.66 bits per heavy atom. The van der Waals surface area contributed by atoms with Gasteiger partial charge >= 0.3 is 0 Å². The summed E-state index contributed by atoms with van der Waals surface area (Å²) in [6.07, 6.45) is -0.644. The van der Waals surface area contributed by atoms with Crippen LogP contribution in [-0.4, -0.2) is 90.1 Å². The summed E-state index contributed by atoms with van der Waals surface area (Å²) in [5.41, 5.74) is 4.16. The molecule has 2 heterocycles. The van der Waals surface area contributed by atoms with E-state index in [9.17, 15) is 30.6 Å². The van der Waals surface area contributed by atoms with E-state index in [1.54, 1.807) is 23.9 Å². The molecule has 1 saturated heterocycles. The highest BCUT2D eigenvalue weighted by atomic mass is 16.6. The van der Waals surface area contributed by atoms with Crippen LogP contribution in [0.5, 0.6) is 0 Å². The maximum Gasteiger partial charge on any atom is 0.173 e. The average molecular weight is 564 g/mol. The lowest BCUT2D eigenvalue weighted by Crippen LogP contribution is -2.65. The van der Waals surface area contributed by atoms with Gasteiger partial charge in [-0.15, -0.1) is 0 Å². The fraction of sp³-hybridized carbons (Fsp3) is 0.452. The van der Waals surface area contributed by atoms with Gasteiger partial charge in [-0.05, 0) is 54.5 Å². The molecule has 0 radical (unpaired) electrons. The Morgan fingerprint density at radius 1 is 1.00 bits per heavy atom. The maximum atomic E-state index is 10.4. The standard InChI is InChI=1S/C31H37N3O7/c1-18(37)30-32-12-13-34(30)25(16-35)11-4-19-2-5-20(6-3-19)21-7-9-22(10-8-21)23-14-24(15-23)33-27-29(39)28(38)26(17-36)41-31(27)40/h2-3,5-10,12-13,18,23-29,31,33,35-40H,14-17H2,1H3/t18-,23?,24?,25?,26?,27?,28?,29?,31?/m0/s1. The molecule has 1 saturated carbocycles. The highest BCUT2D eigenvalue weighted by Gasteiger charge is 2.45. The Balaban J connectivity index is 1.16. The summed E-state index contributed by atoms with van der Waals surface area (Å²) >= 11 is 0. The lowest BCUT2D eigenvalue weighted by molar-refractivity contribution is -0.256. The monoisotopic (exact) mass is 563 g/mol. The van der Waals surface area contributed by atoms with E-state index in [0.717, 1.165) is 29.5 Å². The third-order valence-corrected chi connectivity index (χ3v) is 8.03. The van der Waals surface area contributed by atoms with Crippen molar-refractivity contribution in [3.63, 3.8) is 0 Å². The maximum absolute atomic E-state index is 10.4. The summed E-state index contributed by atoms with van der Waals surface area (Å²) < 4.78 is 6.92. The minimum absolute atomic E-state index is 0.0712. The predicted octanol–water partition coefficient (Wildman–Crippen LogP) is 0.824. The normalized spacial score (nSPS) is 29.2. The van der Waals surface area contributed by atoms with Gasteiger partial charge in [0.25, 0.3) is 0 Å². The molecule has 1 aliphatic heterocycles. The van der Waals surface area contributed by atoms with Crippen LogP contribution in [0.2, 0.25) is 0 Å². The third-order valence-electron chi connectivity index (χ3n) is 8.03. The van der Waals surface area contributed by atoms with E-state index in [-0.39, 0.29) is 12.6 Å². The molecule has 10 nitrogen and oxygen atoms in total. The molecule has 2 fully saturated rings. The van der Waals surface area contributed by atoms with Gasteiger partial charge < -0.3 is 45.3 Å². The molecule has 2 aromatic carbocycles. The summed E-state index contributed by atoms with van der Waals surface area (Å²) in [4.78, 5) is 4.14. The van der Waals surface area contributed by atoms with Crippen molar-refractivity contribution in [3.05, 3.63) is 77.9 Å². The number of nitrogens with one attached hydrogen (secondary N) is 1. The second-order valence-corrected chi connectivity index (χ2v) is 10.8. The minimum atomic E-state index is -1.31. The summed E-state index contributed by atoms with van der Waals surface area (Å²) in [6.45, 7) is 0.949. The molecule has 7 N–H and O–H groups in total. The Hall–Kier alpha value is -3.11. The lowest BCUT2D eigenvalue weighted by Gasteiger charge is -2.45. The van der Waals surface area contributed by atoms with Crippen molar-refractivity contribution in [2.75, 3.05) is 13.2 Å². The Morgan fingerprint density at radius 3 is 2.27 bits per heavy atom. The summed E-state index contributed by atoms with van der Waals surface area (Å²) in [7, 11) is 0. The molecule has 1 aromatic heterocycles. The van der Waals surface area contributed by atoms with Gasteiger partial charge in [0.1, 0.15) is 36.3 Å². The van der Waals surface area contributed by atoms with Crippen LogP contribution in [0.25, 0.3) is 11.1 Å². The summed E-state index contributed by atoms with van der Waals surface area (Å²) in [5, 5.41) is 62.8. The quantitative estimate of drug-likeness (QED) is 0.197. The van der Waals surface area contributed by atoms with Gasteiger partial charge in [0, 0.05) is 24.0 Å². The molecule has 0 spiro atoms. The number of aliphatic hydroxyl groups is 6. The number of rotatable bonds is 8. The second kappa shape index (κ2) is 12.8. The fourth-order valence-electron chi connectivity index (χ4n) is 5.55. The van der Waals surface area contributed by atoms with Crippen LogP contribution in [0.3, 0.4) is 0 Å². The summed E-state index contributed by atoms with van der Waals surface area (Å²) in [5.74, 6) is 6.97. The molecule has 0 amide bonds. The first-order valence-corrected chi connectivity index (χ1v) is 13.9. The highest BCUT2D eigenvalue weighted by molar-refractivity contribution is 5.64. The van der Waals surface area contributed by atoms with Gasteiger partial charge in [-0.1, -0.05) is 48.2 Å². The van der Waals surface area contributed by atoms with Gasteiger partial charge in [0.15, 0.2) is 6.29 Å². The van der Waals surface area contributed by atoms with Crippen molar-refractivity contribution < 1.29 is 35.4 Å². The Bertz CT molecular complexity index is 1340. The molecule has 2 aliphatic rings. The number of hydrogen-bond acceptors (Lipinski definition) is 9. The third kappa shape index (κ3) is 6.38. The van der Waals surface area contributed by atoms with Gasteiger partial charge in [-0.25, -0.2) is 4.98 Å².